The minimum absolute atomic E-state index is 0.210. The lowest BCUT2D eigenvalue weighted by Gasteiger charge is -2.08. The van der Waals surface area contributed by atoms with Crippen molar-refractivity contribution in [2.75, 3.05) is 5.32 Å². The van der Waals surface area contributed by atoms with E-state index < -0.39 is 0 Å². The molecule has 4 rings (SSSR count). The number of oxazole rings is 1. The summed E-state index contributed by atoms with van der Waals surface area (Å²) in [6.07, 6.45) is 0. The van der Waals surface area contributed by atoms with Gasteiger partial charge >= 0.3 is 0 Å². The zero-order chi connectivity index (χ0) is 19.8. The molecule has 28 heavy (non-hydrogen) atoms. The van der Waals surface area contributed by atoms with Crippen LogP contribution in [-0.2, 0) is 0 Å². The highest BCUT2D eigenvalue weighted by atomic mass is 79.9. The van der Waals surface area contributed by atoms with Crippen molar-refractivity contribution in [1.29, 1.82) is 0 Å². The van der Waals surface area contributed by atoms with E-state index >= 15 is 0 Å². The Balaban J connectivity index is 1.70. The number of hydrogen-bond acceptors (Lipinski definition) is 3. The van der Waals surface area contributed by atoms with Gasteiger partial charge in [-0.1, -0.05) is 39.7 Å². The molecule has 1 N–H and O–H groups in total. The molecule has 1 amide bonds. The van der Waals surface area contributed by atoms with E-state index in [4.69, 9.17) is 16.0 Å². The maximum atomic E-state index is 12.5. The average Bonchev–Trinajstić information content (AvgIpc) is 3.07. The Morgan fingerprint density at radius 2 is 1.93 bits per heavy atom. The van der Waals surface area contributed by atoms with E-state index in [0.29, 0.717) is 27.7 Å². The number of nitrogens with one attached hydrogen (secondary N) is 1. The molecule has 4 nitrogen and oxygen atoms in total. The number of carbonyl (C=O) groups is 1. The van der Waals surface area contributed by atoms with Gasteiger partial charge in [-0.25, -0.2) is 4.98 Å². The van der Waals surface area contributed by atoms with Gasteiger partial charge in [0, 0.05) is 15.7 Å². The molecule has 0 saturated heterocycles. The summed E-state index contributed by atoms with van der Waals surface area (Å²) in [6, 6.07) is 16.5. The predicted octanol–water partition coefficient (Wildman–Crippen LogP) is 6.78. The van der Waals surface area contributed by atoms with Crippen molar-refractivity contribution in [2.24, 2.45) is 0 Å². The molecule has 0 aliphatic heterocycles. The predicted molar refractivity (Wildman–Crippen MR) is 116 cm³/mol. The lowest BCUT2D eigenvalue weighted by Crippen LogP contribution is -2.11. The third-order valence-corrected chi connectivity index (χ3v) is 5.18. The monoisotopic (exact) mass is 454 g/mol. The van der Waals surface area contributed by atoms with Crippen LogP contribution in [-0.4, -0.2) is 10.9 Å². The number of hydrogen-bond donors (Lipinski definition) is 1. The summed E-state index contributed by atoms with van der Waals surface area (Å²) in [5, 5.41) is 3.39. The number of nitrogens with zero attached hydrogens (tertiary/aromatic N) is 1. The Morgan fingerprint density at radius 1 is 1.11 bits per heavy atom. The topological polar surface area (TPSA) is 55.1 Å². The molecule has 6 heteroatoms. The molecule has 0 unspecified atom stereocenters. The van der Waals surface area contributed by atoms with Crippen molar-refractivity contribution in [3.8, 4) is 11.5 Å². The molecule has 0 bridgehead atoms. The number of carbonyl (C=O) groups excluding carboxylic acids is 1. The second kappa shape index (κ2) is 7.41. The fourth-order valence-electron chi connectivity index (χ4n) is 3.09. The van der Waals surface area contributed by atoms with Gasteiger partial charge in [-0.05, 0) is 67.4 Å². The maximum absolute atomic E-state index is 12.5. The van der Waals surface area contributed by atoms with Crippen LogP contribution in [0.4, 0.5) is 5.69 Å². The van der Waals surface area contributed by atoms with Crippen LogP contribution in [0.5, 0.6) is 0 Å². The number of halogens is 2. The van der Waals surface area contributed by atoms with Gasteiger partial charge in [0.2, 0.25) is 5.89 Å². The van der Waals surface area contributed by atoms with Crippen LogP contribution in [0.15, 0.2) is 63.5 Å². The fourth-order valence-corrected chi connectivity index (χ4v) is 3.69. The van der Waals surface area contributed by atoms with Crippen LogP contribution in [0, 0.1) is 13.8 Å². The first-order valence-corrected chi connectivity index (χ1v) is 9.82. The standard InChI is InChI=1S/C22H16BrClN2O2/c1-12-8-13(2)20-19(9-12)26-22(28-20)17-11-16(6-7-18(17)24)25-21(27)14-4-3-5-15(23)10-14/h3-11H,1-2H3,(H,25,27). The van der Waals surface area contributed by atoms with Crippen molar-refractivity contribution in [1.82, 2.24) is 4.98 Å². The molecule has 0 atom stereocenters. The SMILES string of the molecule is Cc1cc(C)c2oc(-c3cc(NC(=O)c4cccc(Br)c4)ccc3Cl)nc2c1. The van der Waals surface area contributed by atoms with Crippen LogP contribution in [0.3, 0.4) is 0 Å². The number of rotatable bonds is 3. The Hall–Kier alpha value is -2.63. The van der Waals surface area contributed by atoms with Crippen molar-refractivity contribution in [3.05, 3.63) is 80.8 Å². The summed E-state index contributed by atoms with van der Waals surface area (Å²) < 4.78 is 6.81. The first-order valence-electron chi connectivity index (χ1n) is 8.65. The van der Waals surface area contributed by atoms with Gasteiger partial charge in [-0.3, -0.25) is 4.79 Å². The smallest absolute Gasteiger partial charge is 0.255 e. The molecular weight excluding hydrogens is 440 g/mol. The Kier molecular flexibility index (Phi) is 4.96. The van der Waals surface area contributed by atoms with Gasteiger partial charge in [0.25, 0.3) is 5.91 Å². The number of amides is 1. The lowest BCUT2D eigenvalue weighted by molar-refractivity contribution is 0.102. The average molecular weight is 456 g/mol. The highest BCUT2D eigenvalue weighted by Gasteiger charge is 2.15. The highest BCUT2D eigenvalue weighted by Crippen LogP contribution is 2.33. The number of benzene rings is 3. The molecular formula is C22H16BrClN2O2. The molecule has 0 aliphatic carbocycles. The molecule has 0 spiro atoms. The first kappa shape index (κ1) is 18.7. The first-order chi connectivity index (χ1) is 13.4. The molecule has 1 heterocycles. The molecule has 0 radical (unpaired) electrons. The van der Waals surface area contributed by atoms with E-state index in [9.17, 15) is 4.79 Å². The van der Waals surface area contributed by atoms with Crippen LogP contribution < -0.4 is 5.32 Å². The van der Waals surface area contributed by atoms with Gasteiger partial charge in [-0.2, -0.15) is 0 Å². The van der Waals surface area contributed by atoms with Crippen LogP contribution >= 0.6 is 27.5 Å². The van der Waals surface area contributed by atoms with Gasteiger partial charge in [0.05, 0.1) is 10.6 Å². The van der Waals surface area contributed by atoms with Crippen molar-refractivity contribution in [2.45, 2.75) is 13.8 Å². The Morgan fingerprint density at radius 3 is 2.71 bits per heavy atom. The molecule has 1 aromatic heterocycles. The summed E-state index contributed by atoms with van der Waals surface area (Å²) in [4.78, 5) is 17.1. The fraction of sp³-hybridized carbons (Fsp3) is 0.0909. The van der Waals surface area contributed by atoms with Crippen molar-refractivity contribution < 1.29 is 9.21 Å². The van der Waals surface area contributed by atoms with E-state index in [1.54, 1.807) is 30.3 Å². The second-order valence-electron chi connectivity index (χ2n) is 6.61. The largest absolute Gasteiger partial charge is 0.436 e. The second-order valence-corrected chi connectivity index (χ2v) is 7.93. The van der Waals surface area contributed by atoms with Gasteiger partial charge in [-0.15, -0.1) is 0 Å². The molecule has 0 saturated carbocycles. The zero-order valence-corrected chi connectivity index (χ0v) is 17.6. The van der Waals surface area contributed by atoms with E-state index in [1.165, 1.54) is 0 Å². The highest BCUT2D eigenvalue weighted by molar-refractivity contribution is 9.10. The van der Waals surface area contributed by atoms with Crippen LogP contribution in [0.1, 0.15) is 21.5 Å². The number of fused-ring (bicyclic) bond motifs is 1. The number of anilines is 1. The lowest BCUT2D eigenvalue weighted by atomic mass is 10.1. The molecule has 4 aromatic rings. The molecule has 3 aromatic carbocycles. The summed E-state index contributed by atoms with van der Waals surface area (Å²) in [5.41, 5.74) is 5.45. The number of aromatic nitrogens is 1. The summed E-state index contributed by atoms with van der Waals surface area (Å²) in [7, 11) is 0. The third-order valence-electron chi connectivity index (χ3n) is 4.36. The molecule has 140 valence electrons. The van der Waals surface area contributed by atoms with Crippen molar-refractivity contribution in [3.63, 3.8) is 0 Å². The van der Waals surface area contributed by atoms with Crippen LogP contribution in [0.25, 0.3) is 22.6 Å². The van der Waals surface area contributed by atoms with E-state index in [1.807, 2.05) is 38.1 Å². The molecule has 0 aliphatic rings. The Labute approximate surface area is 175 Å². The van der Waals surface area contributed by atoms with E-state index in [-0.39, 0.29) is 5.91 Å². The minimum atomic E-state index is -0.210. The summed E-state index contributed by atoms with van der Waals surface area (Å²) in [6.45, 7) is 4.01. The third kappa shape index (κ3) is 3.68. The minimum Gasteiger partial charge on any atom is -0.436 e. The van der Waals surface area contributed by atoms with Crippen LogP contribution in [0.2, 0.25) is 5.02 Å². The van der Waals surface area contributed by atoms with Crippen molar-refractivity contribution >= 4 is 50.2 Å². The quantitative estimate of drug-likeness (QED) is 0.370. The van der Waals surface area contributed by atoms with E-state index in [2.05, 4.69) is 26.2 Å². The Bertz CT molecular complexity index is 1220. The summed E-state index contributed by atoms with van der Waals surface area (Å²) in [5.74, 6) is 0.214. The maximum Gasteiger partial charge on any atom is 0.255 e. The van der Waals surface area contributed by atoms with Gasteiger partial charge < -0.3 is 9.73 Å². The summed E-state index contributed by atoms with van der Waals surface area (Å²) >= 11 is 9.76. The van der Waals surface area contributed by atoms with E-state index in [0.717, 1.165) is 26.7 Å². The van der Waals surface area contributed by atoms with Gasteiger partial charge in [0.15, 0.2) is 5.58 Å². The number of aryl methyl sites for hydroxylation is 2. The van der Waals surface area contributed by atoms with Gasteiger partial charge in [0.1, 0.15) is 5.52 Å². The normalized spacial score (nSPS) is 11.0. The zero-order valence-electron chi connectivity index (χ0n) is 15.2. The molecule has 0 fully saturated rings.